The third-order valence-electron chi connectivity index (χ3n) is 3.97. The third kappa shape index (κ3) is 3.34. The predicted octanol–water partition coefficient (Wildman–Crippen LogP) is 1.64. The molecule has 0 spiro atoms. The minimum atomic E-state index is -0.432. The van der Waals surface area contributed by atoms with Crippen molar-refractivity contribution in [3.8, 4) is 11.4 Å². The second kappa shape index (κ2) is 7.22. The highest BCUT2D eigenvalue weighted by molar-refractivity contribution is 5.89. The molecule has 1 heterocycles. The quantitative estimate of drug-likeness (QED) is 0.647. The summed E-state index contributed by atoms with van der Waals surface area (Å²) in [5, 5.41) is 7.64. The number of aryl methyl sites for hydroxylation is 2. The van der Waals surface area contributed by atoms with E-state index in [0.717, 1.165) is 15.8 Å². The van der Waals surface area contributed by atoms with Crippen molar-refractivity contribution in [3.05, 3.63) is 69.6 Å². The first-order valence-corrected chi connectivity index (χ1v) is 7.90. The van der Waals surface area contributed by atoms with Gasteiger partial charge in [-0.15, -0.1) is 0 Å². The monoisotopic (exact) mass is 354 g/mol. The van der Waals surface area contributed by atoms with E-state index in [4.69, 9.17) is 9.47 Å². The number of methoxy groups -OCH3 is 1. The van der Waals surface area contributed by atoms with E-state index in [-0.39, 0.29) is 12.3 Å². The predicted molar refractivity (Wildman–Crippen MR) is 93.5 cm³/mol. The van der Waals surface area contributed by atoms with Crippen molar-refractivity contribution in [2.45, 2.75) is 13.5 Å². The molecule has 0 saturated heterocycles. The lowest BCUT2D eigenvalue weighted by molar-refractivity contribution is 0.0600. The van der Waals surface area contributed by atoms with E-state index in [1.54, 1.807) is 30.3 Å². The summed E-state index contributed by atoms with van der Waals surface area (Å²) < 4.78 is 12.9. The van der Waals surface area contributed by atoms with Crippen LogP contribution in [-0.4, -0.2) is 32.9 Å². The van der Waals surface area contributed by atoms with Gasteiger partial charge in [-0.05, 0) is 47.2 Å². The number of hydrogen-bond acceptors (Lipinski definition) is 6. The highest BCUT2D eigenvalue weighted by Gasteiger charge is 2.14. The summed E-state index contributed by atoms with van der Waals surface area (Å²) in [6.45, 7) is 2.13. The Morgan fingerprint density at radius 1 is 1.15 bits per heavy atom. The molecule has 2 aromatic carbocycles. The SMILES string of the molecule is COC(=O)c1cccc(OCc2c(C)cccc2-n2nnn(C)c2=O)c1. The standard InChI is InChI=1S/C18H18N4O4/c1-12-6-4-9-16(22-18(24)21(2)19-20-22)15(12)11-26-14-8-5-7-13(10-14)17(23)25-3/h4-10H,11H2,1-3H3. The minimum absolute atomic E-state index is 0.204. The number of rotatable bonds is 5. The smallest absolute Gasteiger partial charge is 0.368 e. The molecule has 1 aromatic heterocycles. The van der Waals surface area contributed by atoms with E-state index in [9.17, 15) is 9.59 Å². The molecule has 0 bridgehead atoms. The molecule has 0 N–H and O–H groups in total. The van der Waals surface area contributed by atoms with Gasteiger partial charge in [-0.1, -0.05) is 18.2 Å². The second-order valence-electron chi connectivity index (χ2n) is 5.68. The van der Waals surface area contributed by atoms with E-state index >= 15 is 0 Å². The topological polar surface area (TPSA) is 88.2 Å². The van der Waals surface area contributed by atoms with E-state index in [1.165, 1.54) is 18.8 Å². The zero-order valence-electron chi connectivity index (χ0n) is 14.7. The molecule has 0 fully saturated rings. The molecular formula is C18H18N4O4. The number of hydrogen-bond donors (Lipinski definition) is 0. The van der Waals surface area contributed by atoms with Gasteiger partial charge in [0.2, 0.25) is 0 Å². The van der Waals surface area contributed by atoms with Crippen molar-refractivity contribution in [1.29, 1.82) is 0 Å². The number of carbonyl (C=O) groups is 1. The lowest BCUT2D eigenvalue weighted by Gasteiger charge is -2.13. The van der Waals surface area contributed by atoms with Gasteiger partial charge < -0.3 is 9.47 Å². The summed E-state index contributed by atoms with van der Waals surface area (Å²) in [4.78, 5) is 23.8. The number of esters is 1. The van der Waals surface area contributed by atoms with Gasteiger partial charge >= 0.3 is 11.7 Å². The van der Waals surface area contributed by atoms with E-state index < -0.39 is 5.97 Å². The molecule has 0 unspecified atom stereocenters. The average molecular weight is 354 g/mol. The molecule has 8 nitrogen and oxygen atoms in total. The Labute approximate surface area is 149 Å². The van der Waals surface area contributed by atoms with Gasteiger partial charge in [-0.2, -0.15) is 9.36 Å². The summed E-state index contributed by atoms with van der Waals surface area (Å²) in [5.74, 6) is 0.0896. The number of benzene rings is 2. The second-order valence-corrected chi connectivity index (χ2v) is 5.68. The van der Waals surface area contributed by atoms with Crippen LogP contribution in [0.1, 0.15) is 21.5 Å². The molecule has 3 aromatic rings. The van der Waals surface area contributed by atoms with Crippen LogP contribution in [0, 0.1) is 6.92 Å². The molecule has 0 aliphatic carbocycles. The van der Waals surface area contributed by atoms with Crippen molar-refractivity contribution in [1.82, 2.24) is 19.8 Å². The number of nitrogens with zero attached hydrogens (tertiary/aromatic N) is 4. The summed E-state index contributed by atoms with van der Waals surface area (Å²) in [6, 6.07) is 12.3. The Bertz CT molecular complexity index is 1010. The lowest BCUT2D eigenvalue weighted by atomic mass is 10.1. The normalized spacial score (nSPS) is 10.6. The first-order chi connectivity index (χ1) is 12.5. The van der Waals surface area contributed by atoms with Gasteiger partial charge in [-0.3, -0.25) is 0 Å². The van der Waals surface area contributed by atoms with Crippen LogP contribution in [0.5, 0.6) is 5.75 Å². The van der Waals surface area contributed by atoms with Gasteiger partial charge in [-0.25, -0.2) is 9.59 Å². The zero-order chi connectivity index (χ0) is 18.7. The van der Waals surface area contributed by atoms with Crippen LogP contribution in [0.4, 0.5) is 0 Å². The Morgan fingerprint density at radius 2 is 1.92 bits per heavy atom. The van der Waals surface area contributed by atoms with Crippen LogP contribution in [-0.2, 0) is 18.4 Å². The first-order valence-electron chi connectivity index (χ1n) is 7.90. The number of ether oxygens (including phenoxy) is 2. The summed E-state index contributed by atoms with van der Waals surface area (Å²) in [5.41, 5.74) is 2.42. The van der Waals surface area contributed by atoms with Crippen molar-refractivity contribution >= 4 is 5.97 Å². The van der Waals surface area contributed by atoms with Crippen LogP contribution in [0.25, 0.3) is 5.69 Å². The number of carbonyl (C=O) groups excluding carboxylic acids is 1. The van der Waals surface area contributed by atoms with Crippen LogP contribution in [0.2, 0.25) is 0 Å². The van der Waals surface area contributed by atoms with Gasteiger partial charge in [0.1, 0.15) is 12.4 Å². The van der Waals surface area contributed by atoms with Gasteiger partial charge in [0.15, 0.2) is 0 Å². The van der Waals surface area contributed by atoms with Crippen LogP contribution >= 0.6 is 0 Å². The van der Waals surface area contributed by atoms with E-state index in [1.807, 2.05) is 19.1 Å². The maximum atomic E-state index is 12.2. The fourth-order valence-electron chi connectivity index (χ4n) is 2.52. The molecule has 0 aliphatic heterocycles. The maximum Gasteiger partial charge on any atom is 0.368 e. The Balaban J connectivity index is 1.91. The van der Waals surface area contributed by atoms with Crippen molar-refractivity contribution in [2.75, 3.05) is 7.11 Å². The van der Waals surface area contributed by atoms with Crippen LogP contribution in [0.15, 0.2) is 47.3 Å². The molecule has 0 radical (unpaired) electrons. The summed E-state index contributed by atoms with van der Waals surface area (Å²) in [7, 11) is 2.87. The molecule has 134 valence electrons. The molecule has 0 amide bonds. The van der Waals surface area contributed by atoms with Crippen LogP contribution < -0.4 is 10.4 Å². The highest BCUT2D eigenvalue weighted by atomic mass is 16.5. The van der Waals surface area contributed by atoms with E-state index in [0.29, 0.717) is 17.0 Å². The molecule has 26 heavy (non-hydrogen) atoms. The Morgan fingerprint density at radius 3 is 2.62 bits per heavy atom. The first kappa shape index (κ1) is 17.4. The Kier molecular flexibility index (Phi) is 4.83. The Hall–Kier alpha value is -3.42. The number of tetrazole rings is 1. The molecule has 0 atom stereocenters. The van der Waals surface area contributed by atoms with Gasteiger partial charge in [0.05, 0.1) is 18.4 Å². The number of aromatic nitrogens is 4. The largest absolute Gasteiger partial charge is 0.489 e. The summed E-state index contributed by atoms with van der Waals surface area (Å²) in [6.07, 6.45) is 0. The van der Waals surface area contributed by atoms with Crippen molar-refractivity contribution < 1.29 is 14.3 Å². The summed E-state index contributed by atoms with van der Waals surface area (Å²) >= 11 is 0. The molecule has 0 saturated carbocycles. The van der Waals surface area contributed by atoms with E-state index in [2.05, 4.69) is 10.4 Å². The fourth-order valence-corrected chi connectivity index (χ4v) is 2.52. The lowest BCUT2D eigenvalue weighted by Crippen LogP contribution is -2.23. The molecular weight excluding hydrogens is 336 g/mol. The third-order valence-corrected chi connectivity index (χ3v) is 3.97. The maximum absolute atomic E-state index is 12.2. The molecule has 0 aliphatic rings. The fraction of sp³-hybridized carbons (Fsp3) is 0.222. The highest BCUT2D eigenvalue weighted by Crippen LogP contribution is 2.21. The van der Waals surface area contributed by atoms with Gasteiger partial charge in [0, 0.05) is 12.6 Å². The molecule has 8 heteroatoms. The average Bonchev–Trinajstić information content (AvgIpc) is 2.99. The van der Waals surface area contributed by atoms with Crippen molar-refractivity contribution in [3.63, 3.8) is 0 Å². The van der Waals surface area contributed by atoms with Crippen molar-refractivity contribution in [2.24, 2.45) is 7.05 Å². The zero-order valence-corrected chi connectivity index (χ0v) is 14.7. The molecule has 3 rings (SSSR count). The van der Waals surface area contributed by atoms with Gasteiger partial charge in [0.25, 0.3) is 0 Å². The minimum Gasteiger partial charge on any atom is -0.489 e. The van der Waals surface area contributed by atoms with Crippen LogP contribution in [0.3, 0.4) is 0 Å².